The molecule has 26 heavy (non-hydrogen) atoms. The Morgan fingerprint density at radius 3 is 2.27 bits per heavy atom. The molecular formula is C18H26N2O6. The summed E-state index contributed by atoms with van der Waals surface area (Å²) in [6, 6.07) is 7.93. The molecule has 0 aliphatic carbocycles. The molecule has 0 unspecified atom stereocenters. The standard InChI is InChI=1S/C18H26N2O6/c1-6-24-15(21)13(2)20(19-16(22)26-18(3,4)5)17(23)25-12-14-10-8-7-9-11-14/h7-11,13H,6,12H2,1-5H3,(H,19,22)/t13-/m0/s1. The van der Waals surface area contributed by atoms with Gasteiger partial charge in [-0.3, -0.25) is 0 Å². The lowest BCUT2D eigenvalue weighted by atomic mass is 10.2. The third-order valence-corrected chi connectivity index (χ3v) is 3.03. The Labute approximate surface area is 153 Å². The number of amides is 2. The minimum absolute atomic E-state index is 0.0122. The molecular weight excluding hydrogens is 340 g/mol. The number of nitrogens with zero attached hydrogens (tertiary/aromatic N) is 1. The van der Waals surface area contributed by atoms with Crippen LogP contribution in [-0.2, 0) is 25.6 Å². The van der Waals surface area contributed by atoms with E-state index in [9.17, 15) is 14.4 Å². The molecule has 0 aromatic heterocycles. The molecule has 1 N–H and O–H groups in total. The zero-order valence-corrected chi connectivity index (χ0v) is 15.8. The fraction of sp³-hybridized carbons (Fsp3) is 0.500. The highest BCUT2D eigenvalue weighted by atomic mass is 16.6. The van der Waals surface area contributed by atoms with Gasteiger partial charge in [-0.15, -0.1) is 0 Å². The normalized spacial score (nSPS) is 11.9. The third kappa shape index (κ3) is 7.42. The lowest BCUT2D eigenvalue weighted by Crippen LogP contribution is -2.55. The number of ether oxygens (including phenoxy) is 3. The lowest BCUT2D eigenvalue weighted by molar-refractivity contribution is -0.149. The molecule has 0 saturated heterocycles. The zero-order valence-electron chi connectivity index (χ0n) is 15.8. The first-order valence-electron chi connectivity index (χ1n) is 8.30. The molecule has 1 atom stereocenters. The average Bonchev–Trinajstić information content (AvgIpc) is 2.56. The summed E-state index contributed by atoms with van der Waals surface area (Å²) in [5.74, 6) is -0.680. The van der Waals surface area contributed by atoms with Crippen LogP contribution in [0.5, 0.6) is 0 Å². The highest BCUT2D eigenvalue weighted by Crippen LogP contribution is 2.10. The summed E-state index contributed by atoms with van der Waals surface area (Å²) in [5, 5.41) is 0.759. The van der Waals surface area contributed by atoms with Crippen LogP contribution in [0, 0.1) is 0 Å². The SMILES string of the molecule is CCOC(=O)[C@H](C)N(NC(=O)OC(C)(C)C)C(=O)OCc1ccccc1. The predicted molar refractivity (Wildman–Crippen MR) is 93.9 cm³/mol. The number of hydrogen-bond donors (Lipinski definition) is 1. The van der Waals surface area contributed by atoms with Gasteiger partial charge in [0.25, 0.3) is 0 Å². The molecule has 0 radical (unpaired) electrons. The highest BCUT2D eigenvalue weighted by Gasteiger charge is 2.31. The predicted octanol–water partition coefficient (Wildman–Crippen LogP) is 3.02. The van der Waals surface area contributed by atoms with E-state index in [4.69, 9.17) is 14.2 Å². The van der Waals surface area contributed by atoms with Crippen molar-refractivity contribution in [1.82, 2.24) is 10.4 Å². The van der Waals surface area contributed by atoms with Crippen LogP contribution in [0.4, 0.5) is 9.59 Å². The van der Waals surface area contributed by atoms with Crippen molar-refractivity contribution in [2.24, 2.45) is 0 Å². The Balaban J connectivity index is 2.82. The number of hydrazine groups is 1. The van der Waals surface area contributed by atoms with Gasteiger partial charge in [0.1, 0.15) is 12.2 Å². The van der Waals surface area contributed by atoms with E-state index >= 15 is 0 Å². The summed E-state index contributed by atoms with van der Waals surface area (Å²) in [6.45, 7) is 8.23. The van der Waals surface area contributed by atoms with Crippen LogP contribution in [0.15, 0.2) is 30.3 Å². The molecule has 8 nitrogen and oxygen atoms in total. The molecule has 0 aliphatic rings. The average molecular weight is 366 g/mol. The van der Waals surface area contributed by atoms with Gasteiger partial charge in [0.05, 0.1) is 6.61 Å². The van der Waals surface area contributed by atoms with Crippen LogP contribution in [0.3, 0.4) is 0 Å². The first kappa shape index (κ1) is 21.3. The summed E-state index contributed by atoms with van der Waals surface area (Å²) >= 11 is 0. The van der Waals surface area contributed by atoms with Crippen molar-refractivity contribution in [3.63, 3.8) is 0 Å². The first-order chi connectivity index (χ1) is 12.1. The zero-order chi connectivity index (χ0) is 19.7. The summed E-state index contributed by atoms with van der Waals surface area (Å²) < 4.78 is 15.2. The quantitative estimate of drug-likeness (QED) is 0.489. The maximum atomic E-state index is 12.4. The fourth-order valence-electron chi connectivity index (χ4n) is 1.86. The van der Waals surface area contributed by atoms with Crippen molar-refractivity contribution in [2.75, 3.05) is 6.61 Å². The summed E-state index contributed by atoms with van der Waals surface area (Å²) in [6.07, 6.45) is -1.79. The number of rotatable bonds is 5. The van der Waals surface area contributed by atoms with Crippen LogP contribution in [0.25, 0.3) is 0 Å². The molecule has 0 aliphatic heterocycles. The van der Waals surface area contributed by atoms with Crippen LogP contribution in [0.2, 0.25) is 0 Å². The third-order valence-electron chi connectivity index (χ3n) is 3.03. The molecule has 2 amide bonds. The summed E-state index contributed by atoms with van der Waals surface area (Å²) in [4.78, 5) is 36.4. The van der Waals surface area contributed by atoms with E-state index in [1.165, 1.54) is 6.92 Å². The van der Waals surface area contributed by atoms with Gasteiger partial charge >= 0.3 is 18.2 Å². The van der Waals surface area contributed by atoms with Gasteiger partial charge in [-0.2, -0.15) is 0 Å². The Hall–Kier alpha value is -2.77. The lowest BCUT2D eigenvalue weighted by Gasteiger charge is -2.28. The van der Waals surface area contributed by atoms with E-state index in [1.807, 2.05) is 6.07 Å². The molecule has 144 valence electrons. The van der Waals surface area contributed by atoms with Crippen molar-refractivity contribution >= 4 is 18.2 Å². The summed E-state index contributed by atoms with van der Waals surface area (Å²) in [7, 11) is 0. The van der Waals surface area contributed by atoms with Crippen LogP contribution >= 0.6 is 0 Å². The minimum atomic E-state index is -1.09. The van der Waals surface area contributed by atoms with Gasteiger partial charge in [0.2, 0.25) is 0 Å². The maximum absolute atomic E-state index is 12.4. The Morgan fingerprint density at radius 1 is 1.12 bits per heavy atom. The molecule has 1 rings (SSSR count). The fourth-order valence-corrected chi connectivity index (χ4v) is 1.86. The Kier molecular flexibility index (Phi) is 7.89. The molecule has 0 bridgehead atoms. The van der Waals surface area contributed by atoms with E-state index in [-0.39, 0.29) is 13.2 Å². The van der Waals surface area contributed by atoms with Crippen molar-refractivity contribution in [3.05, 3.63) is 35.9 Å². The number of esters is 1. The minimum Gasteiger partial charge on any atom is -0.464 e. The monoisotopic (exact) mass is 366 g/mol. The van der Waals surface area contributed by atoms with Gasteiger partial charge in [-0.25, -0.2) is 24.8 Å². The van der Waals surface area contributed by atoms with E-state index in [0.717, 1.165) is 10.6 Å². The van der Waals surface area contributed by atoms with E-state index in [0.29, 0.717) is 0 Å². The number of benzene rings is 1. The summed E-state index contributed by atoms with van der Waals surface area (Å²) in [5.41, 5.74) is 2.24. The van der Waals surface area contributed by atoms with Gasteiger partial charge < -0.3 is 14.2 Å². The Morgan fingerprint density at radius 2 is 1.73 bits per heavy atom. The van der Waals surface area contributed by atoms with E-state index < -0.39 is 29.8 Å². The van der Waals surface area contributed by atoms with E-state index in [2.05, 4.69) is 5.43 Å². The highest BCUT2D eigenvalue weighted by molar-refractivity contribution is 5.82. The number of carbonyl (C=O) groups excluding carboxylic acids is 3. The van der Waals surface area contributed by atoms with Crippen molar-refractivity contribution in [3.8, 4) is 0 Å². The van der Waals surface area contributed by atoms with Crippen molar-refractivity contribution in [2.45, 2.75) is 52.9 Å². The van der Waals surface area contributed by atoms with Crippen molar-refractivity contribution < 1.29 is 28.6 Å². The van der Waals surface area contributed by atoms with E-state index in [1.54, 1.807) is 52.0 Å². The Bertz CT molecular complexity index is 612. The molecule has 0 fully saturated rings. The number of hydrogen-bond acceptors (Lipinski definition) is 6. The second-order valence-corrected chi connectivity index (χ2v) is 6.45. The molecule has 0 saturated carbocycles. The van der Waals surface area contributed by atoms with Gasteiger partial charge in [-0.05, 0) is 40.2 Å². The first-order valence-corrected chi connectivity index (χ1v) is 8.30. The maximum Gasteiger partial charge on any atom is 0.429 e. The van der Waals surface area contributed by atoms with Crippen LogP contribution < -0.4 is 5.43 Å². The topological polar surface area (TPSA) is 94.2 Å². The second-order valence-electron chi connectivity index (χ2n) is 6.45. The molecule has 8 heteroatoms. The van der Waals surface area contributed by atoms with Gasteiger partial charge in [-0.1, -0.05) is 30.3 Å². The van der Waals surface area contributed by atoms with Crippen LogP contribution in [-0.4, -0.2) is 41.4 Å². The van der Waals surface area contributed by atoms with Crippen LogP contribution in [0.1, 0.15) is 40.2 Å². The largest absolute Gasteiger partial charge is 0.464 e. The second kappa shape index (κ2) is 9.65. The smallest absolute Gasteiger partial charge is 0.429 e. The molecule has 1 aromatic carbocycles. The number of nitrogens with one attached hydrogen (secondary N) is 1. The number of carbonyl (C=O) groups is 3. The van der Waals surface area contributed by atoms with Gasteiger partial charge in [0.15, 0.2) is 6.04 Å². The van der Waals surface area contributed by atoms with Gasteiger partial charge in [0, 0.05) is 0 Å². The van der Waals surface area contributed by atoms with Crippen molar-refractivity contribution in [1.29, 1.82) is 0 Å². The molecule has 0 heterocycles. The molecule has 1 aromatic rings. The molecule has 0 spiro atoms.